The van der Waals surface area contributed by atoms with Gasteiger partial charge in [0.1, 0.15) is 18.4 Å². The highest BCUT2D eigenvalue weighted by atomic mass is 35.5. The summed E-state index contributed by atoms with van der Waals surface area (Å²) >= 11 is 5.94. The minimum absolute atomic E-state index is 0.178. The number of nitrogens with one attached hydrogen (secondary N) is 2. The number of methoxy groups -OCH3 is 1. The van der Waals surface area contributed by atoms with Crippen molar-refractivity contribution in [3.8, 4) is 11.8 Å². The summed E-state index contributed by atoms with van der Waals surface area (Å²) in [4.78, 5) is 13.3. The zero-order chi connectivity index (χ0) is 18.4. The van der Waals surface area contributed by atoms with Crippen LogP contribution in [0.15, 0.2) is 36.4 Å². The van der Waals surface area contributed by atoms with Gasteiger partial charge >= 0.3 is 0 Å². The molecule has 0 aliphatic rings. The minimum Gasteiger partial charge on any atom is -0.496 e. The number of nitrogens with zero attached hydrogens (tertiary/aromatic N) is 1. The van der Waals surface area contributed by atoms with Gasteiger partial charge in [0.15, 0.2) is 6.54 Å². The van der Waals surface area contributed by atoms with Gasteiger partial charge in [-0.25, -0.2) is 0 Å². The first kappa shape index (κ1) is 18.8. The van der Waals surface area contributed by atoms with Crippen LogP contribution in [0.4, 0.5) is 5.69 Å². The maximum Gasteiger partial charge on any atom is 0.279 e. The Morgan fingerprint density at radius 3 is 2.76 bits per heavy atom. The van der Waals surface area contributed by atoms with Gasteiger partial charge in [0.2, 0.25) is 0 Å². The molecule has 0 aliphatic heterocycles. The van der Waals surface area contributed by atoms with E-state index in [-0.39, 0.29) is 12.5 Å². The zero-order valence-electron chi connectivity index (χ0n) is 14.5. The van der Waals surface area contributed by atoms with Gasteiger partial charge in [0.25, 0.3) is 5.91 Å². The lowest BCUT2D eigenvalue weighted by molar-refractivity contribution is -0.885. The number of carbonyl (C=O) groups excluding carboxylic acids is 1. The molecule has 0 fully saturated rings. The average molecular weight is 359 g/mol. The molecule has 2 N–H and O–H groups in total. The summed E-state index contributed by atoms with van der Waals surface area (Å²) in [5, 5.41) is 12.4. The first-order valence-electron chi connectivity index (χ1n) is 7.87. The van der Waals surface area contributed by atoms with Crippen molar-refractivity contribution in [2.75, 3.05) is 26.0 Å². The lowest BCUT2D eigenvalue weighted by atomic mass is 10.1. The fourth-order valence-electron chi connectivity index (χ4n) is 2.62. The Kier molecular flexibility index (Phi) is 6.40. The predicted molar refractivity (Wildman–Crippen MR) is 98.0 cm³/mol. The number of aryl methyl sites for hydroxylation is 1. The number of quaternary nitrogens is 1. The third-order valence-corrected chi connectivity index (χ3v) is 4.00. The average Bonchev–Trinajstić information content (AvgIpc) is 2.55. The molecule has 0 saturated heterocycles. The predicted octanol–water partition coefficient (Wildman–Crippen LogP) is 2.18. The molecule has 6 heteroatoms. The van der Waals surface area contributed by atoms with E-state index in [1.165, 1.54) is 0 Å². The Morgan fingerprint density at radius 2 is 2.08 bits per heavy atom. The molecule has 25 heavy (non-hydrogen) atoms. The third kappa shape index (κ3) is 5.21. The smallest absolute Gasteiger partial charge is 0.279 e. The first-order valence-corrected chi connectivity index (χ1v) is 8.25. The Morgan fingerprint density at radius 1 is 1.32 bits per heavy atom. The molecular formula is C19H21ClN3O2+. The summed E-state index contributed by atoms with van der Waals surface area (Å²) < 4.78 is 5.38. The van der Waals surface area contributed by atoms with E-state index in [2.05, 4.69) is 11.4 Å². The van der Waals surface area contributed by atoms with Crippen LogP contribution in [0, 0.1) is 18.3 Å². The molecule has 1 unspecified atom stereocenters. The fraction of sp³-hybridized carbons (Fsp3) is 0.263. The molecule has 0 saturated carbocycles. The quantitative estimate of drug-likeness (QED) is 0.831. The molecule has 0 heterocycles. The lowest BCUT2D eigenvalue weighted by Gasteiger charge is -2.16. The van der Waals surface area contributed by atoms with E-state index in [1.54, 1.807) is 25.3 Å². The second-order valence-corrected chi connectivity index (χ2v) is 6.41. The molecule has 5 nitrogen and oxygen atoms in total. The third-order valence-electron chi connectivity index (χ3n) is 3.77. The van der Waals surface area contributed by atoms with Crippen LogP contribution in [-0.4, -0.2) is 26.6 Å². The van der Waals surface area contributed by atoms with Crippen LogP contribution in [0.3, 0.4) is 0 Å². The highest BCUT2D eigenvalue weighted by Crippen LogP contribution is 2.20. The molecule has 0 aliphatic carbocycles. The molecule has 130 valence electrons. The summed E-state index contributed by atoms with van der Waals surface area (Å²) in [5.41, 5.74) is 3.01. The molecule has 2 aromatic carbocycles. The lowest BCUT2D eigenvalue weighted by Crippen LogP contribution is -3.08. The van der Waals surface area contributed by atoms with Crippen LogP contribution < -0.4 is 15.0 Å². The van der Waals surface area contributed by atoms with Crippen LogP contribution in [0.25, 0.3) is 0 Å². The summed E-state index contributed by atoms with van der Waals surface area (Å²) in [6, 6.07) is 12.8. The Bertz CT molecular complexity index is 815. The highest BCUT2D eigenvalue weighted by molar-refractivity contribution is 6.31. The van der Waals surface area contributed by atoms with Crippen molar-refractivity contribution in [2.45, 2.75) is 13.5 Å². The number of benzene rings is 2. The molecule has 0 bridgehead atoms. The second kappa shape index (κ2) is 8.52. The van der Waals surface area contributed by atoms with E-state index >= 15 is 0 Å². The topological polar surface area (TPSA) is 66.6 Å². The number of hydrogen-bond acceptors (Lipinski definition) is 3. The van der Waals surface area contributed by atoms with Gasteiger partial charge in [0, 0.05) is 10.6 Å². The van der Waals surface area contributed by atoms with Crippen LogP contribution in [0.2, 0.25) is 5.02 Å². The van der Waals surface area contributed by atoms with Gasteiger partial charge in [-0.2, -0.15) is 5.26 Å². The van der Waals surface area contributed by atoms with Crippen molar-refractivity contribution in [1.29, 1.82) is 5.26 Å². The van der Waals surface area contributed by atoms with E-state index in [0.29, 0.717) is 22.8 Å². The van der Waals surface area contributed by atoms with Crippen molar-refractivity contribution in [1.82, 2.24) is 0 Å². The van der Waals surface area contributed by atoms with Crippen molar-refractivity contribution in [3.63, 3.8) is 0 Å². The number of carbonyl (C=O) groups is 1. The number of halogens is 1. The maximum absolute atomic E-state index is 12.3. The van der Waals surface area contributed by atoms with E-state index in [4.69, 9.17) is 21.6 Å². The van der Waals surface area contributed by atoms with Crippen LogP contribution in [0.1, 0.15) is 16.7 Å². The Labute approximate surface area is 152 Å². The molecule has 1 atom stereocenters. The van der Waals surface area contributed by atoms with Gasteiger partial charge in [-0.1, -0.05) is 23.2 Å². The number of anilines is 1. The van der Waals surface area contributed by atoms with E-state index in [1.807, 2.05) is 32.2 Å². The molecule has 0 aromatic heterocycles. The standard InChI is InChI=1S/C19H20ClN3O2/c1-13-4-7-18(25-3)15(8-13)11-23(2)12-19(24)22-17-9-16(20)6-5-14(17)10-21/h4-9H,11-12H2,1-3H3,(H,22,24)/p+1. The Hall–Kier alpha value is -2.55. The summed E-state index contributed by atoms with van der Waals surface area (Å²) in [6.07, 6.45) is 0. The number of nitriles is 1. The van der Waals surface area contributed by atoms with Gasteiger partial charge in [0.05, 0.1) is 25.4 Å². The summed E-state index contributed by atoms with van der Waals surface area (Å²) in [7, 11) is 3.57. The van der Waals surface area contributed by atoms with Gasteiger partial charge < -0.3 is 15.0 Å². The SMILES string of the molecule is COc1ccc(C)cc1C[NH+](C)CC(=O)Nc1cc(Cl)ccc1C#N. The van der Waals surface area contributed by atoms with E-state index in [9.17, 15) is 4.79 Å². The second-order valence-electron chi connectivity index (χ2n) is 5.98. The molecule has 0 spiro atoms. The molecule has 2 rings (SSSR count). The largest absolute Gasteiger partial charge is 0.496 e. The molecule has 2 aromatic rings. The normalized spacial score (nSPS) is 11.5. The number of rotatable bonds is 6. The Balaban J connectivity index is 2.03. The minimum atomic E-state index is -0.178. The number of likely N-dealkylation sites (N-methyl/N-ethyl adjacent to an activating group) is 1. The fourth-order valence-corrected chi connectivity index (χ4v) is 2.79. The van der Waals surface area contributed by atoms with Crippen molar-refractivity contribution in [2.24, 2.45) is 0 Å². The summed E-state index contributed by atoms with van der Waals surface area (Å²) in [5.74, 6) is 0.634. The number of hydrogen-bond donors (Lipinski definition) is 2. The van der Waals surface area contributed by atoms with E-state index < -0.39 is 0 Å². The number of amides is 1. The van der Waals surface area contributed by atoms with Gasteiger partial charge in [-0.3, -0.25) is 4.79 Å². The maximum atomic E-state index is 12.3. The van der Waals surface area contributed by atoms with Crippen LogP contribution in [0.5, 0.6) is 5.75 Å². The molecule has 0 radical (unpaired) electrons. The van der Waals surface area contributed by atoms with Crippen LogP contribution >= 0.6 is 11.6 Å². The molecular weight excluding hydrogens is 338 g/mol. The molecule has 1 amide bonds. The van der Waals surface area contributed by atoms with Gasteiger partial charge in [-0.05, 0) is 37.3 Å². The van der Waals surface area contributed by atoms with Crippen molar-refractivity contribution >= 4 is 23.2 Å². The van der Waals surface area contributed by atoms with Crippen LogP contribution in [-0.2, 0) is 11.3 Å². The number of ether oxygens (including phenoxy) is 1. The summed E-state index contributed by atoms with van der Waals surface area (Å²) in [6.45, 7) is 2.93. The van der Waals surface area contributed by atoms with Crippen molar-refractivity contribution < 1.29 is 14.4 Å². The monoisotopic (exact) mass is 358 g/mol. The highest BCUT2D eigenvalue weighted by Gasteiger charge is 2.15. The first-order chi connectivity index (χ1) is 11.9. The zero-order valence-corrected chi connectivity index (χ0v) is 15.3. The van der Waals surface area contributed by atoms with E-state index in [0.717, 1.165) is 21.8 Å². The van der Waals surface area contributed by atoms with Crippen molar-refractivity contribution in [3.05, 3.63) is 58.1 Å². The van der Waals surface area contributed by atoms with Gasteiger partial charge in [-0.15, -0.1) is 0 Å².